The van der Waals surface area contributed by atoms with Gasteiger partial charge in [-0.2, -0.15) is 0 Å². The molecule has 0 radical (unpaired) electrons. The molecule has 0 saturated carbocycles. The normalized spacial score (nSPS) is 17.7. The molecule has 1 aromatic heterocycles. The predicted octanol–water partition coefficient (Wildman–Crippen LogP) is 3.02. The molecular formula is C17H31N3S. The average molecular weight is 310 g/mol. The third-order valence-electron chi connectivity index (χ3n) is 4.15. The lowest BCUT2D eigenvalue weighted by Crippen LogP contribution is -2.36. The third kappa shape index (κ3) is 6.07. The Labute approximate surface area is 134 Å². The molecular weight excluding hydrogens is 278 g/mol. The van der Waals surface area contributed by atoms with Gasteiger partial charge >= 0.3 is 0 Å². The highest BCUT2D eigenvalue weighted by Gasteiger charge is 2.19. The standard InChI is InChI=1S/C17H31N3S/c1-4-9-18-12-16-5-6-17(21-16)14-20-10-7-15(8-11-20)13-19(2)3/h5-6,15,18H,4,7-14H2,1-3H3. The van der Waals surface area contributed by atoms with Gasteiger partial charge in [0.25, 0.3) is 0 Å². The van der Waals surface area contributed by atoms with Gasteiger partial charge in [-0.05, 0) is 71.0 Å². The Morgan fingerprint density at radius 3 is 2.62 bits per heavy atom. The Balaban J connectivity index is 1.71. The van der Waals surface area contributed by atoms with E-state index < -0.39 is 0 Å². The van der Waals surface area contributed by atoms with E-state index in [0.717, 1.165) is 25.6 Å². The zero-order valence-corrected chi connectivity index (χ0v) is 14.7. The van der Waals surface area contributed by atoms with E-state index >= 15 is 0 Å². The van der Waals surface area contributed by atoms with Crippen molar-refractivity contribution in [3.63, 3.8) is 0 Å². The highest BCUT2D eigenvalue weighted by atomic mass is 32.1. The fourth-order valence-corrected chi connectivity index (χ4v) is 4.08. The minimum absolute atomic E-state index is 0.897. The van der Waals surface area contributed by atoms with Crippen molar-refractivity contribution in [3.05, 3.63) is 21.9 Å². The van der Waals surface area contributed by atoms with Gasteiger partial charge in [0.15, 0.2) is 0 Å². The molecule has 0 unspecified atom stereocenters. The van der Waals surface area contributed by atoms with Crippen LogP contribution in [0.4, 0.5) is 0 Å². The van der Waals surface area contributed by atoms with Gasteiger partial charge < -0.3 is 10.2 Å². The first-order valence-electron chi connectivity index (χ1n) is 8.32. The summed E-state index contributed by atoms with van der Waals surface area (Å²) in [5, 5.41) is 3.48. The fraction of sp³-hybridized carbons (Fsp3) is 0.765. The number of hydrogen-bond donors (Lipinski definition) is 1. The number of piperidine rings is 1. The summed E-state index contributed by atoms with van der Waals surface area (Å²) < 4.78 is 0. The van der Waals surface area contributed by atoms with E-state index in [-0.39, 0.29) is 0 Å². The van der Waals surface area contributed by atoms with E-state index in [9.17, 15) is 0 Å². The Morgan fingerprint density at radius 2 is 1.95 bits per heavy atom. The van der Waals surface area contributed by atoms with Crippen molar-refractivity contribution >= 4 is 11.3 Å². The van der Waals surface area contributed by atoms with E-state index in [4.69, 9.17) is 0 Å². The van der Waals surface area contributed by atoms with Crippen molar-refractivity contribution < 1.29 is 0 Å². The first kappa shape index (κ1) is 16.9. The number of likely N-dealkylation sites (tertiary alicyclic amines) is 1. The zero-order chi connectivity index (χ0) is 15.1. The van der Waals surface area contributed by atoms with Crippen LogP contribution in [0.15, 0.2) is 12.1 Å². The van der Waals surface area contributed by atoms with Gasteiger partial charge in [0.2, 0.25) is 0 Å². The fourth-order valence-electron chi connectivity index (χ4n) is 3.05. The summed E-state index contributed by atoms with van der Waals surface area (Å²) >= 11 is 1.98. The van der Waals surface area contributed by atoms with Crippen molar-refractivity contribution in [2.45, 2.75) is 39.3 Å². The number of nitrogens with one attached hydrogen (secondary N) is 1. The molecule has 1 N–H and O–H groups in total. The van der Waals surface area contributed by atoms with Crippen LogP contribution in [0.5, 0.6) is 0 Å². The molecule has 1 aliphatic rings. The van der Waals surface area contributed by atoms with Gasteiger partial charge in [0.05, 0.1) is 0 Å². The minimum atomic E-state index is 0.897. The van der Waals surface area contributed by atoms with Gasteiger partial charge in [-0.15, -0.1) is 11.3 Å². The van der Waals surface area contributed by atoms with Crippen molar-refractivity contribution in [1.82, 2.24) is 15.1 Å². The number of hydrogen-bond acceptors (Lipinski definition) is 4. The average Bonchev–Trinajstić information content (AvgIpc) is 2.88. The molecule has 1 saturated heterocycles. The van der Waals surface area contributed by atoms with Crippen LogP contribution in [0.25, 0.3) is 0 Å². The second-order valence-electron chi connectivity index (χ2n) is 6.53. The summed E-state index contributed by atoms with van der Waals surface area (Å²) in [5.74, 6) is 0.897. The van der Waals surface area contributed by atoms with Crippen LogP contribution in [0.1, 0.15) is 35.9 Å². The van der Waals surface area contributed by atoms with Crippen LogP contribution in [-0.4, -0.2) is 50.1 Å². The summed E-state index contributed by atoms with van der Waals surface area (Å²) in [6, 6.07) is 4.61. The minimum Gasteiger partial charge on any atom is -0.312 e. The molecule has 0 bridgehead atoms. The van der Waals surface area contributed by atoms with E-state index in [1.165, 1.54) is 48.7 Å². The summed E-state index contributed by atoms with van der Waals surface area (Å²) in [7, 11) is 4.37. The van der Waals surface area contributed by atoms with Crippen molar-refractivity contribution in [1.29, 1.82) is 0 Å². The Morgan fingerprint density at radius 1 is 1.24 bits per heavy atom. The smallest absolute Gasteiger partial charge is 0.0328 e. The quantitative estimate of drug-likeness (QED) is 0.745. The molecule has 1 fully saturated rings. The lowest BCUT2D eigenvalue weighted by Gasteiger charge is -2.32. The van der Waals surface area contributed by atoms with E-state index in [0.29, 0.717) is 0 Å². The lowest BCUT2D eigenvalue weighted by molar-refractivity contribution is 0.158. The maximum absolute atomic E-state index is 3.48. The molecule has 1 aromatic rings. The molecule has 1 aliphatic heterocycles. The van der Waals surface area contributed by atoms with Crippen LogP contribution in [-0.2, 0) is 13.1 Å². The maximum Gasteiger partial charge on any atom is 0.0328 e. The van der Waals surface area contributed by atoms with E-state index in [1.54, 1.807) is 0 Å². The molecule has 0 aromatic carbocycles. The summed E-state index contributed by atoms with van der Waals surface area (Å²) in [4.78, 5) is 7.95. The lowest BCUT2D eigenvalue weighted by atomic mass is 9.96. The Kier molecular flexibility index (Phi) is 7.17. The zero-order valence-electron chi connectivity index (χ0n) is 13.9. The monoisotopic (exact) mass is 309 g/mol. The molecule has 0 atom stereocenters. The number of nitrogens with zero attached hydrogens (tertiary/aromatic N) is 2. The highest BCUT2D eigenvalue weighted by molar-refractivity contribution is 7.11. The molecule has 4 heteroatoms. The van der Waals surface area contributed by atoms with Crippen LogP contribution in [0.2, 0.25) is 0 Å². The summed E-state index contributed by atoms with van der Waals surface area (Å²) in [6.45, 7) is 9.29. The summed E-state index contributed by atoms with van der Waals surface area (Å²) in [5.41, 5.74) is 0. The molecule has 2 rings (SSSR count). The van der Waals surface area contributed by atoms with Crippen molar-refractivity contribution in [2.24, 2.45) is 5.92 Å². The molecule has 120 valence electrons. The highest BCUT2D eigenvalue weighted by Crippen LogP contribution is 2.23. The second kappa shape index (κ2) is 8.89. The van der Waals surface area contributed by atoms with Crippen LogP contribution in [0.3, 0.4) is 0 Å². The topological polar surface area (TPSA) is 18.5 Å². The molecule has 2 heterocycles. The predicted molar refractivity (Wildman–Crippen MR) is 92.9 cm³/mol. The van der Waals surface area contributed by atoms with Crippen LogP contribution in [0, 0.1) is 5.92 Å². The van der Waals surface area contributed by atoms with Crippen LogP contribution >= 0.6 is 11.3 Å². The van der Waals surface area contributed by atoms with E-state index in [1.807, 2.05) is 11.3 Å². The van der Waals surface area contributed by atoms with Gasteiger partial charge in [0.1, 0.15) is 0 Å². The third-order valence-corrected chi connectivity index (χ3v) is 5.22. The second-order valence-corrected chi connectivity index (χ2v) is 7.78. The molecule has 21 heavy (non-hydrogen) atoms. The van der Waals surface area contributed by atoms with E-state index in [2.05, 4.69) is 48.3 Å². The van der Waals surface area contributed by atoms with Gasteiger partial charge in [-0.25, -0.2) is 0 Å². The largest absolute Gasteiger partial charge is 0.312 e. The Hall–Kier alpha value is -0.420. The Bertz CT molecular complexity index is 394. The van der Waals surface area contributed by atoms with Crippen molar-refractivity contribution in [2.75, 3.05) is 40.3 Å². The maximum atomic E-state index is 3.48. The van der Waals surface area contributed by atoms with Crippen molar-refractivity contribution in [3.8, 4) is 0 Å². The molecule has 0 aliphatic carbocycles. The van der Waals surface area contributed by atoms with Gasteiger partial charge in [-0.1, -0.05) is 6.92 Å². The molecule has 3 nitrogen and oxygen atoms in total. The summed E-state index contributed by atoms with van der Waals surface area (Å²) in [6.07, 6.45) is 3.92. The van der Waals surface area contributed by atoms with Crippen LogP contribution < -0.4 is 5.32 Å². The number of thiophene rings is 1. The molecule has 0 spiro atoms. The first-order chi connectivity index (χ1) is 10.2. The first-order valence-corrected chi connectivity index (χ1v) is 9.14. The SMILES string of the molecule is CCCNCc1ccc(CN2CCC(CN(C)C)CC2)s1. The molecule has 0 amide bonds. The van der Waals surface area contributed by atoms with Gasteiger partial charge in [-0.3, -0.25) is 4.90 Å². The number of rotatable bonds is 8. The van der Waals surface area contributed by atoms with Gasteiger partial charge in [0, 0.05) is 29.4 Å².